The molecule has 1 saturated carbocycles. The number of amides is 1. The van der Waals surface area contributed by atoms with Crippen LogP contribution in [-0.2, 0) is 11.2 Å². The summed E-state index contributed by atoms with van der Waals surface area (Å²) < 4.78 is 10.7. The zero-order valence-electron chi connectivity index (χ0n) is 13.2. The quantitative estimate of drug-likeness (QED) is 0.937. The molecule has 3 rings (SSSR count). The number of methoxy groups -OCH3 is 1. The molecule has 0 saturated heterocycles. The molecule has 2 atom stereocenters. The second kappa shape index (κ2) is 6.42. The van der Waals surface area contributed by atoms with Crippen LogP contribution < -0.4 is 10.1 Å². The zero-order chi connectivity index (χ0) is 15.5. The van der Waals surface area contributed by atoms with Gasteiger partial charge in [0.1, 0.15) is 11.3 Å². The monoisotopic (exact) mass is 301 g/mol. The van der Waals surface area contributed by atoms with Gasteiger partial charge < -0.3 is 14.5 Å². The van der Waals surface area contributed by atoms with Crippen molar-refractivity contribution in [1.82, 2.24) is 5.32 Å². The largest absolute Gasteiger partial charge is 0.497 e. The Bertz CT molecular complexity index is 661. The molecule has 1 amide bonds. The van der Waals surface area contributed by atoms with Crippen LogP contribution in [0.4, 0.5) is 0 Å². The molecule has 1 aromatic heterocycles. The average molecular weight is 301 g/mol. The van der Waals surface area contributed by atoms with E-state index >= 15 is 0 Å². The lowest BCUT2D eigenvalue weighted by atomic mass is 9.86. The van der Waals surface area contributed by atoms with Gasteiger partial charge in [0.05, 0.1) is 19.8 Å². The van der Waals surface area contributed by atoms with Crippen molar-refractivity contribution in [2.75, 3.05) is 7.11 Å². The maximum atomic E-state index is 12.3. The highest BCUT2D eigenvalue weighted by molar-refractivity contribution is 5.88. The Hall–Kier alpha value is -1.97. The van der Waals surface area contributed by atoms with Gasteiger partial charge in [0.15, 0.2) is 0 Å². The number of hydrogen-bond acceptors (Lipinski definition) is 3. The van der Waals surface area contributed by atoms with E-state index in [1.54, 1.807) is 13.4 Å². The molecule has 0 unspecified atom stereocenters. The van der Waals surface area contributed by atoms with E-state index in [1.165, 1.54) is 19.3 Å². The Labute approximate surface area is 130 Å². The second-order valence-electron chi connectivity index (χ2n) is 6.24. The number of hydrogen-bond donors (Lipinski definition) is 1. The van der Waals surface area contributed by atoms with Gasteiger partial charge in [-0.25, -0.2) is 0 Å². The molecule has 0 spiro atoms. The highest BCUT2D eigenvalue weighted by Crippen LogP contribution is 2.27. The fourth-order valence-corrected chi connectivity index (χ4v) is 3.29. The van der Waals surface area contributed by atoms with Gasteiger partial charge in [-0.2, -0.15) is 0 Å². The first-order chi connectivity index (χ1) is 10.7. The molecule has 2 aromatic rings. The Kier molecular flexibility index (Phi) is 4.36. The summed E-state index contributed by atoms with van der Waals surface area (Å²) in [6, 6.07) is 6.01. The molecule has 0 radical (unpaired) electrons. The standard InChI is InChI=1S/C18H23NO3/c1-12-5-3-4-6-16(12)19-18(20)9-13-11-22-17-10-14(21-2)7-8-15(13)17/h7-8,10-12,16H,3-6,9H2,1-2H3,(H,19,20)/t12-,16-/m1/s1. The number of fused-ring (bicyclic) bond motifs is 1. The third-order valence-electron chi connectivity index (χ3n) is 4.67. The van der Waals surface area contributed by atoms with E-state index in [-0.39, 0.29) is 5.91 Å². The lowest BCUT2D eigenvalue weighted by Gasteiger charge is -2.29. The molecule has 1 aromatic carbocycles. The minimum atomic E-state index is 0.0808. The summed E-state index contributed by atoms with van der Waals surface area (Å²) in [4.78, 5) is 12.3. The average Bonchev–Trinajstić information content (AvgIpc) is 2.91. The number of carbonyl (C=O) groups is 1. The molecule has 1 aliphatic rings. The van der Waals surface area contributed by atoms with Gasteiger partial charge in [-0.15, -0.1) is 0 Å². The molecule has 1 aliphatic carbocycles. The Morgan fingerprint density at radius 2 is 2.18 bits per heavy atom. The smallest absolute Gasteiger partial charge is 0.224 e. The maximum absolute atomic E-state index is 12.3. The molecule has 118 valence electrons. The molecular formula is C18H23NO3. The van der Waals surface area contributed by atoms with Gasteiger partial charge in [0.2, 0.25) is 5.91 Å². The maximum Gasteiger partial charge on any atom is 0.224 e. The number of ether oxygens (including phenoxy) is 1. The van der Waals surface area contributed by atoms with Gasteiger partial charge in [0.25, 0.3) is 0 Å². The van der Waals surface area contributed by atoms with E-state index in [2.05, 4.69) is 12.2 Å². The normalized spacial score (nSPS) is 21.7. The highest BCUT2D eigenvalue weighted by Gasteiger charge is 2.23. The molecule has 0 aliphatic heterocycles. The molecule has 1 heterocycles. The lowest BCUT2D eigenvalue weighted by Crippen LogP contribution is -2.41. The summed E-state index contributed by atoms with van der Waals surface area (Å²) in [5.74, 6) is 1.41. The van der Waals surface area contributed by atoms with Crippen LogP contribution in [0.15, 0.2) is 28.9 Å². The zero-order valence-corrected chi connectivity index (χ0v) is 13.2. The van der Waals surface area contributed by atoms with Crippen molar-refractivity contribution in [3.63, 3.8) is 0 Å². The molecular weight excluding hydrogens is 278 g/mol. The fraction of sp³-hybridized carbons (Fsp3) is 0.500. The van der Waals surface area contributed by atoms with Gasteiger partial charge in [-0.3, -0.25) is 4.79 Å². The van der Waals surface area contributed by atoms with E-state index in [4.69, 9.17) is 9.15 Å². The van der Waals surface area contributed by atoms with E-state index in [0.29, 0.717) is 18.4 Å². The van der Waals surface area contributed by atoms with Crippen LogP contribution in [0.1, 0.15) is 38.2 Å². The Morgan fingerprint density at radius 3 is 2.95 bits per heavy atom. The van der Waals surface area contributed by atoms with Gasteiger partial charge in [-0.05, 0) is 30.9 Å². The number of rotatable bonds is 4. The molecule has 1 N–H and O–H groups in total. The summed E-state index contributed by atoms with van der Waals surface area (Å²) in [6.45, 7) is 2.23. The van der Waals surface area contributed by atoms with Crippen molar-refractivity contribution < 1.29 is 13.9 Å². The van der Waals surface area contributed by atoms with Crippen molar-refractivity contribution in [2.24, 2.45) is 5.92 Å². The van der Waals surface area contributed by atoms with Crippen LogP contribution in [-0.4, -0.2) is 19.1 Å². The third kappa shape index (κ3) is 3.11. The second-order valence-corrected chi connectivity index (χ2v) is 6.24. The van der Waals surface area contributed by atoms with Crippen LogP contribution in [0.3, 0.4) is 0 Å². The highest BCUT2D eigenvalue weighted by atomic mass is 16.5. The summed E-state index contributed by atoms with van der Waals surface area (Å²) in [6.07, 6.45) is 6.83. The Morgan fingerprint density at radius 1 is 1.36 bits per heavy atom. The first kappa shape index (κ1) is 14.9. The van der Waals surface area contributed by atoms with Crippen LogP contribution in [0.25, 0.3) is 11.0 Å². The Balaban J connectivity index is 1.68. The van der Waals surface area contributed by atoms with Gasteiger partial charge >= 0.3 is 0 Å². The van der Waals surface area contributed by atoms with Crippen LogP contribution in [0, 0.1) is 5.92 Å². The van der Waals surface area contributed by atoms with Crippen molar-refractivity contribution in [1.29, 1.82) is 0 Å². The van der Waals surface area contributed by atoms with Crippen molar-refractivity contribution >= 4 is 16.9 Å². The first-order valence-electron chi connectivity index (χ1n) is 8.01. The minimum Gasteiger partial charge on any atom is -0.497 e. The van der Waals surface area contributed by atoms with Crippen LogP contribution >= 0.6 is 0 Å². The van der Waals surface area contributed by atoms with Gasteiger partial charge in [-0.1, -0.05) is 19.8 Å². The fourth-order valence-electron chi connectivity index (χ4n) is 3.29. The molecule has 0 bridgehead atoms. The summed E-state index contributed by atoms with van der Waals surface area (Å²) in [7, 11) is 1.63. The number of benzene rings is 1. The molecule has 4 heteroatoms. The predicted molar refractivity (Wildman–Crippen MR) is 86.0 cm³/mol. The molecule has 22 heavy (non-hydrogen) atoms. The van der Waals surface area contributed by atoms with E-state index < -0.39 is 0 Å². The van der Waals surface area contributed by atoms with E-state index in [1.807, 2.05) is 18.2 Å². The minimum absolute atomic E-state index is 0.0808. The number of furan rings is 1. The number of carbonyl (C=O) groups excluding carboxylic acids is 1. The van der Waals surface area contributed by atoms with Crippen LogP contribution in [0.2, 0.25) is 0 Å². The predicted octanol–water partition coefficient (Wildman–Crippen LogP) is 3.68. The van der Waals surface area contributed by atoms with Crippen LogP contribution in [0.5, 0.6) is 5.75 Å². The molecule has 4 nitrogen and oxygen atoms in total. The SMILES string of the molecule is COc1ccc2c(CC(=O)N[C@@H]3CCCC[C@H]3C)coc2c1. The summed E-state index contributed by atoms with van der Waals surface area (Å²) in [5.41, 5.74) is 1.69. The van der Waals surface area contributed by atoms with Crippen molar-refractivity contribution in [2.45, 2.75) is 45.1 Å². The van der Waals surface area contributed by atoms with E-state index in [0.717, 1.165) is 28.7 Å². The number of nitrogens with one attached hydrogen (secondary N) is 1. The van der Waals surface area contributed by atoms with Crippen molar-refractivity contribution in [3.8, 4) is 5.75 Å². The topological polar surface area (TPSA) is 51.5 Å². The van der Waals surface area contributed by atoms with E-state index in [9.17, 15) is 4.79 Å². The van der Waals surface area contributed by atoms with Gasteiger partial charge in [0, 0.05) is 23.1 Å². The van der Waals surface area contributed by atoms with Crippen molar-refractivity contribution in [3.05, 3.63) is 30.0 Å². The third-order valence-corrected chi connectivity index (χ3v) is 4.67. The summed E-state index contributed by atoms with van der Waals surface area (Å²) >= 11 is 0. The summed E-state index contributed by atoms with van der Waals surface area (Å²) in [5, 5.41) is 4.17. The molecule has 1 fully saturated rings. The first-order valence-corrected chi connectivity index (χ1v) is 8.01. The lowest BCUT2D eigenvalue weighted by molar-refractivity contribution is -0.121.